The van der Waals surface area contributed by atoms with Crippen molar-refractivity contribution in [2.45, 2.75) is 19.4 Å². The zero-order valence-corrected chi connectivity index (χ0v) is 14.2. The Morgan fingerprint density at radius 2 is 1.96 bits per heavy atom. The van der Waals surface area contributed by atoms with Gasteiger partial charge in [-0.25, -0.2) is 0 Å². The van der Waals surface area contributed by atoms with Crippen molar-refractivity contribution in [3.8, 4) is 5.75 Å². The summed E-state index contributed by atoms with van der Waals surface area (Å²) in [6, 6.07) is 14.2. The fourth-order valence-corrected chi connectivity index (χ4v) is 2.95. The second-order valence-corrected chi connectivity index (χ2v) is 5.66. The molecule has 1 aliphatic rings. The number of para-hydroxylation sites is 1. The molecule has 1 heterocycles. The van der Waals surface area contributed by atoms with Gasteiger partial charge in [-0.15, -0.1) is 0 Å². The van der Waals surface area contributed by atoms with Gasteiger partial charge in [0.05, 0.1) is 0 Å². The van der Waals surface area contributed by atoms with Crippen molar-refractivity contribution >= 4 is 22.1 Å². The zero-order valence-electron chi connectivity index (χ0n) is 12.5. The number of imide groups is 1. The molecule has 2 aromatic carbocycles. The number of carbonyl (C=O) groups is 2. The van der Waals surface area contributed by atoms with Crippen LogP contribution < -0.4 is 9.64 Å². The van der Waals surface area contributed by atoms with Crippen molar-refractivity contribution in [3.63, 3.8) is 0 Å². The Morgan fingerprint density at radius 1 is 1.22 bits per heavy atom. The number of fused-ring (bicyclic) bond motifs is 1. The van der Waals surface area contributed by atoms with Crippen molar-refractivity contribution in [2.24, 2.45) is 0 Å². The summed E-state index contributed by atoms with van der Waals surface area (Å²) in [5.41, 5.74) is 1.81. The molecule has 2 aromatic rings. The second kappa shape index (κ2) is 6.55. The Labute approximate surface area is 144 Å². The summed E-state index contributed by atoms with van der Waals surface area (Å²) < 4.78 is 7.69. The van der Waals surface area contributed by atoms with E-state index in [0.717, 1.165) is 5.56 Å². The van der Waals surface area contributed by atoms with Crippen molar-refractivity contribution < 1.29 is 32.2 Å². The molecule has 3 rings (SSSR count). The maximum absolute atomic E-state index is 12.9. The summed E-state index contributed by atoms with van der Waals surface area (Å²) >= 11 is 2.43. The molecule has 1 atom stereocenters. The van der Waals surface area contributed by atoms with Gasteiger partial charge in [0.15, 0.2) is 0 Å². The quantitative estimate of drug-likeness (QED) is 0.594. The van der Waals surface area contributed by atoms with E-state index in [2.05, 4.69) is 17.9 Å². The molecule has 117 valence electrons. The van der Waals surface area contributed by atoms with Crippen LogP contribution in [0, 0.1) is 0 Å². The van der Waals surface area contributed by atoms with Crippen molar-refractivity contribution in [1.82, 2.24) is 0 Å². The summed E-state index contributed by atoms with van der Waals surface area (Å²) in [5.74, 6) is -0.0848. The molecule has 0 aliphatic carbocycles. The number of nitrogens with zero attached hydrogens (tertiary/aromatic N) is 1. The molecule has 0 saturated heterocycles. The van der Waals surface area contributed by atoms with Crippen LogP contribution in [0.15, 0.2) is 48.5 Å². The third-order valence-corrected chi connectivity index (χ3v) is 4.27. The first-order valence-corrected chi connectivity index (χ1v) is 8.32. The minimum absolute atomic E-state index is 0.323. The first-order chi connectivity index (χ1) is 11.2. The van der Waals surface area contributed by atoms with E-state index in [9.17, 15) is 9.59 Å². The van der Waals surface area contributed by atoms with Crippen molar-refractivity contribution in [1.29, 1.82) is 0 Å². The molecule has 1 aliphatic heterocycles. The van der Waals surface area contributed by atoms with Gasteiger partial charge in [0.25, 0.3) is 0 Å². The van der Waals surface area contributed by atoms with Gasteiger partial charge in [-0.05, 0) is 0 Å². The Kier molecular flexibility index (Phi) is 4.49. The number of amides is 2. The van der Waals surface area contributed by atoms with Crippen molar-refractivity contribution in [3.05, 3.63) is 59.7 Å². The van der Waals surface area contributed by atoms with E-state index >= 15 is 0 Å². The second-order valence-electron chi connectivity index (χ2n) is 5.16. The normalized spacial score (nSPS) is 16.5. The average molecular weight is 394 g/mol. The van der Waals surface area contributed by atoms with Crippen LogP contribution in [0.3, 0.4) is 0 Å². The Balaban J connectivity index is 2.14. The molecule has 2 amide bonds. The third kappa shape index (κ3) is 2.77. The van der Waals surface area contributed by atoms with Gasteiger partial charge < -0.3 is 0 Å². The van der Waals surface area contributed by atoms with E-state index < -0.39 is 6.10 Å². The summed E-state index contributed by atoms with van der Waals surface area (Å²) in [6.45, 7) is 1.87. The van der Waals surface area contributed by atoms with Crippen LogP contribution >= 0.6 is 0 Å². The van der Waals surface area contributed by atoms with E-state index in [1.807, 2.05) is 29.7 Å². The molecule has 0 aromatic heterocycles. The Hall–Kier alpha value is -2.13. The third-order valence-electron chi connectivity index (χ3n) is 3.73. The number of anilines is 1. The fourth-order valence-electron chi connectivity index (χ4n) is 2.56. The van der Waals surface area contributed by atoms with E-state index in [4.69, 9.17) is 4.74 Å². The molecule has 4 nitrogen and oxygen atoms in total. The standard InChI is InChI=1S/C18H15NO3.Ru/c1-3-15-18(21)19(17(20)13-9-5-4-6-10-13)14-11-7-8-12(2)16(14)22-15;/h2,4-11,15H,3H2,1H3;/q;+1. The Morgan fingerprint density at radius 3 is 2.61 bits per heavy atom. The number of benzene rings is 2. The molecular formula is C18H15NO3Ru+. The van der Waals surface area contributed by atoms with Crippen LogP contribution in [0.25, 0.3) is 0 Å². The number of hydrogen-bond donors (Lipinski definition) is 0. The molecule has 0 radical (unpaired) electrons. The number of carbonyl (C=O) groups excluding carboxylic acids is 2. The monoisotopic (exact) mass is 395 g/mol. The number of ether oxygens (including phenoxy) is 1. The molecule has 1 unspecified atom stereocenters. The van der Waals surface area contributed by atoms with E-state index in [1.165, 1.54) is 4.90 Å². The van der Waals surface area contributed by atoms with Crippen molar-refractivity contribution in [2.75, 3.05) is 4.90 Å². The number of hydrogen-bond acceptors (Lipinski definition) is 3. The first kappa shape index (κ1) is 15.8. The predicted molar refractivity (Wildman–Crippen MR) is 84.6 cm³/mol. The molecule has 0 saturated carbocycles. The van der Waals surface area contributed by atoms with Crippen LogP contribution in [-0.4, -0.2) is 22.5 Å². The van der Waals surface area contributed by atoms with E-state index in [-0.39, 0.29) is 11.8 Å². The summed E-state index contributed by atoms with van der Waals surface area (Å²) in [6.07, 6.45) is -0.147. The van der Waals surface area contributed by atoms with Crippen LogP contribution in [0.2, 0.25) is 0 Å². The molecule has 0 N–H and O–H groups in total. The van der Waals surface area contributed by atoms with Crippen LogP contribution in [-0.2, 0) is 22.6 Å². The molecule has 23 heavy (non-hydrogen) atoms. The van der Waals surface area contributed by atoms with Crippen LogP contribution in [0.1, 0.15) is 29.3 Å². The topological polar surface area (TPSA) is 46.6 Å². The van der Waals surface area contributed by atoms with Gasteiger partial charge in [0.1, 0.15) is 0 Å². The maximum atomic E-state index is 12.9. The van der Waals surface area contributed by atoms with Gasteiger partial charge in [-0.2, -0.15) is 0 Å². The summed E-state index contributed by atoms with van der Waals surface area (Å²) in [5, 5.41) is 0. The van der Waals surface area contributed by atoms with E-state index in [1.54, 1.807) is 30.3 Å². The summed E-state index contributed by atoms with van der Waals surface area (Å²) in [7, 11) is 0. The molecular weight excluding hydrogens is 379 g/mol. The molecule has 0 fully saturated rings. The number of rotatable bonds is 3. The van der Waals surface area contributed by atoms with Gasteiger partial charge in [0, 0.05) is 0 Å². The molecule has 0 spiro atoms. The van der Waals surface area contributed by atoms with Gasteiger partial charge >= 0.3 is 144 Å². The van der Waals surface area contributed by atoms with Gasteiger partial charge in [-0.1, -0.05) is 0 Å². The fraction of sp³-hybridized carbons (Fsp3) is 0.167. The van der Waals surface area contributed by atoms with Gasteiger partial charge in [0.2, 0.25) is 0 Å². The SMILES string of the molecule is CCC1Oc2c([CH]=[Ru+])cccc2N(C(=O)c2ccccc2)C1=O. The molecule has 5 heteroatoms. The van der Waals surface area contributed by atoms with Crippen LogP contribution in [0.5, 0.6) is 5.75 Å². The first-order valence-electron chi connectivity index (χ1n) is 7.32. The zero-order chi connectivity index (χ0) is 16.4. The van der Waals surface area contributed by atoms with Crippen LogP contribution in [0.4, 0.5) is 5.69 Å². The predicted octanol–water partition coefficient (Wildman–Crippen LogP) is 2.73. The summed E-state index contributed by atoms with van der Waals surface area (Å²) in [4.78, 5) is 26.8. The van der Waals surface area contributed by atoms with E-state index in [0.29, 0.717) is 23.4 Å². The van der Waals surface area contributed by atoms with Gasteiger partial charge in [-0.3, -0.25) is 0 Å². The molecule has 0 bridgehead atoms. The Bertz CT molecular complexity index is 773. The average Bonchev–Trinajstić information content (AvgIpc) is 2.60. The minimum atomic E-state index is -0.650.